The van der Waals surface area contributed by atoms with Gasteiger partial charge >= 0.3 is 12.1 Å². The highest BCUT2D eigenvalue weighted by Gasteiger charge is 2.38. The van der Waals surface area contributed by atoms with Crippen molar-refractivity contribution < 1.29 is 24.2 Å². The molecule has 8 nitrogen and oxygen atoms in total. The summed E-state index contributed by atoms with van der Waals surface area (Å²) in [4.78, 5) is 44.0. The largest absolute Gasteiger partial charge is 0.480 e. The number of hydrogen-bond acceptors (Lipinski definition) is 6. The van der Waals surface area contributed by atoms with Gasteiger partial charge in [0.25, 0.3) is 0 Å². The van der Waals surface area contributed by atoms with Crippen LogP contribution >= 0.6 is 11.3 Å². The third-order valence-electron chi connectivity index (χ3n) is 6.64. The Morgan fingerprint density at radius 2 is 1.80 bits per heavy atom. The van der Waals surface area contributed by atoms with Crippen molar-refractivity contribution in [3.8, 4) is 11.1 Å². The molecule has 3 aromatic rings. The second-order valence-electron chi connectivity index (χ2n) is 8.72. The third-order valence-corrected chi connectivity index (χ3v) is 7.45. The van der Waals surface area contributed by atoms with Crippen LogP contribution in [-0.2, 0) is 20.7 Å². The molecule has 1 fully saturated rings. The van der Waals surface area contributed by atoms with Crippen LogP contribution in [0.3, 0.4) is 0 Å². The fourth-order valence-corrected chi connectivity index (χ4v) is 5.66. The van der Waals surface area contributed by atoms with Crippen LogP contribution in [0.25, 0.3) is 11.1 Å². The van der Waals surface area contributed by atoms with Crippen LogP contribution < -0.4 is 5.32 Å². The number of carboxylic acids is 1. The van der Waals surface area contributed by atoms with Gasteiger partial charge in [0.2, 0.25) is 5.91 Å². The van der Waals surface area contributed by atoms with Gasteiger partial charge in [-0.25, -0.2) is 9.59 Å². The van der Waals surface area contributed by atoms with Gasteiger partial charge in [0.1, 0.15) is 18.7 Å². The highest BCUT2D eigenvalue weighted by molar-refractivity contribution is 7.09. The topological polar surface area (TPSA) is 109 Å². The predicted octanol–water partition coefficient (Wildman–Crippen LogP) is 3.67. The first-order chi connectivity index (χ1) is 17.0. The number of alkyl carbamates (subject to hydrolysis) is 1. The zero-order valence-electron chi connectivity index (χ0n) is 18.9. The number of benzene rings is 2. The first-order valence-electron chi connectivity index (χ1n) is 11.5. The SMILES string of the molecule is O=C(NC(Cc1cncs1)C(=O)N1CCCC1C(=O)O)OCC1c2ccccc2-c2ccccc21. The Bertz CT molecular complexity index is 1200. The minimum atomic E-state index is -1.03. The minimum Gasteiger partial charge on any atom is -0.480 e. The van der Waals surface area contributed by atoms with E-state index in [2.05, 4.69) is 22.4 Å². The summed E-state index contributed by atoms with van der Waals surface area (Å²) in [7, 11) is 0. The van der Waals surface area contributed by atoms with Crippen molar-refractivity contribution in [1.29, 1.82) is 0 Å². The number of rotatable bonds is 7. The Hall–Kier alpha value is -3.72. The molecule has 9 heteroatoms. The lowest BCUT2D eigenvalue weighted by atomic mass is 9.98. The van der Waals surface area contributed by atoms with Gasteiger partial charge in [0, 0.05) is 30.0 Å². The van der Waals surface area contributed by atoms with Crippen LogP contribution in [0.4, 0.5) is 4.79 Å². The lowest BCUT2D eigenvalue weighted by Gasteiger charge is -2.27. The highest BCUT2D eigenvalue weighted by atomic mass is 32.1. The number of carbonyl (C=O) groups excluding carboxylic acids is 2. The number of fused-ring (bicyclic) bond motifs is 3. The summed E-state index contributed by atoms with van der Waals surface area (Å²) in [5.41, 5.74) is 6.11. The summed E-state index contributed by atoms with van der Waals surface area (Å²) in [6.07, 6.45) is 2.17. The van der Waals surface area contributed by atoms with E-state index in [0.29, 0.717) is 19.4 Å². The molecule has 180 valence electrons. The number of hydrogen-bond donors (Lipinski definition) is 2. The van der Waals surface area contributed by atoms with Gasteiger partial charge < -0.3 is 20.1 Å². The summed E-state index contributed by atoms with van der Waals surface area (Å²) >= 11 is 1.37. The van der Waals surface area contributed by atoms with Crippen LogP contribution in [0.5, 0.6) is 0 Å². The van der Waals surface area contributed by atoms with E-state index in [1.54, 1.807) is 11.7 Å². The van der Waals surface area contributed by atoms with Crippen molar-refractivity contribution in [2.45, 2.75) is 37.3 Å². The molecule has 2 atom stereocenters. The molecule has 1 aromatic heterocycles. The summed E-state index contributed by atoms with van der Waals surface area (Å²) in [6.45, 7) is 0.476. The predicted molar refractivity (Wildman–Crippen MR) is 130 cm³/mol. The minimum absolute atomic E-state index is 0.0984. The highest BCUT2D eigenvalue weighted by Crippen LogP contribution is 2.44. The second kappa shape index (κ2) is 9.87. The summed E-state index contributed by atoms with van der Waals surface area (Å²) in [5, 5.41) is 12.2. The molecule has 1 aliphatic heterocycles. The maximum Gasteiger partial charge on any atom is 0.407 e. The number of nitrogens with zero attached hydrogens (tertiary/aromatic N) is 2. The maximum absolute atomic E-state index is 13.3. The fraction of sp³-hybridized carbons (Fsp3) is 0.308. The van der Waals surface area contributed by atoms with Crippen LogP contribution in [0.1, 0.15) is 34.8 Å². The molecule has 2 aliphatic rings. The van der Waals surface area contributed by atoms with Crippen molar-refractivity contribution in [2.24, 2.45) is 0 Å². The summed E-state index contributed by atoms with van der Waals surface area (Å²) in [5.74, 6) is -1.55. The zero-order valence-corrected chi connectivity index (χ0v) is 19.7. The molecule has 0 bridgehead atoms. The Labute approximate surface area is 206 Å². The number of carboxylic acid groups (broad SMARTS) is 1. The third kappa shape index (κ3) is 4.64. The molecule has 35 heavy (non-hydrogen) atoms. The van der Waals surface area contributed by atoms with Crippen molar-refractivity contribution in [2.75, 3.05) is 13.2 Å². The van der Waals surface area contributed by atoms with E-state index in [4.69, 9.17) is 4.74 Å². The molecular formula is C26H25N3O5S. The number of likely N-dealkylation sites (tertiary alicyclic amines) is 1. The monoisotopic (exact) mass is 491 g/mol. The first kappa shape index (κ1) is 23.0. The molecule has 2 amide bonds. The van der Waals surface area contributed by atoms with E-state index in [1.165, 1.54) is 16.2 Å². The Kier molecular flexibility index (Phi) is 6.50. The lowest BCUT2D eigenvalue weighted by Crippen LogP contribution is -2.52. The molecule has 2 aromatic carbocycles. The second-order valence-corrected chi connectivity index (χ2v) is 9.69. The van der Waals surface area contributed by atoms with Gasteiger partial charge in [0.15, 0.2) is 0 Å². The van der Waals surface area contributed by atoms with Crippen LogP contribution in [-0.4, -0.2) is 58.2 Å². The van der Waals surface area contributed by atoms with Gasteiger partial charge in [-0.1, -0.05) is 48.5 Å². The Morgan fingerprint density at radius 3 is 2.43 bits per heavy atom. The van der Waals surface area contributed by atoms with Crippen molar-refractivity contribution in [3.05, 3.63) is 76.2 Å². The number of amides is 2. The molecular weight excluding hydrogens is 466 g/mol. The molecule has 0 radical (unpaired) electrons. The standard InChI is InChI=1S/C26H25N3O5S/c30-24(29-11-5-10-23(29)25(31)32)22(12-16-13-27-15-35-16)28-26(33)34-14-21-19-8-3-1-6-17(19)18-7-2-4-9-20(18)21/h1-4,6-9,13,15,21-23H,5,10-12,14H2,(H,28,33)(H,31,32). The number of carbonyl (C=O) groups is 3. The molecule has 1 aliphatic carbocycles. The van der Waals surface area contributed by atoms with E-state index >= 15 is 0 Å². The molecule has 0 saturated carbocycles. The number of nitrogens with one attached hydrogen (secondary N) is 1. The molecule has 2 heterocycles. The maximum atomic E-state index is 13.3. The van der Waals surface area contributed by atoms with E-state index < -0.39 is 30.1 Å². The smallest absolute Gasteiger partial charge is 0.407 e. The van der Waals surface area contributed by atoms with Crippen LogP contribution in [0.2, 0.25) is 0 Å². The van der Waals surface area contributed by atoms with E-state index in [0.717, 1.165) is 27.1 Å². The lowest BCUT2D eigenvalue weighted by molar-refractivity contribution is -0.148. The molecule has 2 unspecified atom stereocenters. The number of ether oxygens (including phenoxy) is 1. The van der Waals surface area contributed by atoms with Gasteiger partial charge in [-0.05, 0) is 35.1 Å². The van der Waals surface area contributed by atoms with Gasteiger partial charge in [-0.2, -0.15) is 0 Å². The van der Waals surface area contributed by atoms with Gasteiger partial charge in [-0.15, -0.1) is 11.3 Å². The van der Waals surface area contributed by atoms with Crippen molar-refractivity contribution in [1.82, 2.24) is 15.2 Å². The van der Waals surface area contributed by atoms with E-state index in [-0.39, 0.29) is 18.9 Å². The molecule has 0 spiro atoms. The van der Waals surface area contributed by atoms with Crippen molar-refractivity contribution >= 4 is 29.3 Å². The van der Waals surface area contributed by atoms with Gasteiger partial charge in [0.05, 0.1) is 5.51 Å². The van der Waals surface area contributed by atoms with Crippen LogP contribution in [0, 0.1) is 0 Å². The van der Waals surface area contributed by atoms with E-state index in [9.17, 15) is 19.5 Å². The number of aliphatic carboxylic acids is 1. The summed E-state index contributed by atoms with van der Waals surface area (Å²) in [6, 6.07) is 14.3. The molecule has 1 saturated heterocycles. The number of thiazole rings is 1. The first-order valence-corrected chi connectivity index (χ1v) is 12.4. The average molecular weight is 492 g/mol. The molecule has 5 rings (SSSR count). The molecule has 2 N–H and O–H groups in total. The number of aromatic nitrogens is 1. The Balaban J connectivity index is 1.30. The fourth-order valence-electron chi connectivity index (χ4n) is 5.01. The van der Waals surface area contributed by atoms with Crippen molar-refractivity contribution in [3.63, 3.8) is 0 Å². The summed E-state index contributed by atoms with van der Waals surface area (Å²) < 4.78 is 5.63. The van der Waals surface area contributed by atoms with E-state index in [1.807, 2.05) is 36.4 Å². The van der Waals surface area contributed by atoms with Crippen LogP contribution in [0.15, 0.2) is 60.2 Å². The van der Waals surface area contributed by atoms with Gasteiger partial charge in [-0.3, -0.25) is 9.78 Å². The zero-order chi connectivity index (χ0) is 24.4. The average Bonchev–Trinajstić information content (AvgIpc) is 3.61. The normalized spacial score (nSPS) is 17.5. The Morgan fingerprint density at radius 1 is 1.11 bits per heavy atom. The quantitative estimate of drug-likeness (QED) is 0.522.